The molecule has 0 unspecified atom stereocenters. The van der Waals surface area contributed by atoms with Crippen molar-refractivity contribution in [3.8, 4) is 10.4 Å². The van der Waals surface area contributed by atoms with Gasteiger partial charge >= 0.3 is 0 Å². The minimum absolute atomic E-state index is 0.552. The maximum absolute atomic E-state index is 6.06. The van der Waals surface area contributed by atoms with Gasteiger partial charge in [0, 0.05) is 21.3 Å². The van der Waals surface area contributed by atoms with Gasteiger partial charge in [-0.25, -0.2) is 4.98 Å². The SMILES string of the molecule is Nc1ncc(-c2cc(Br)ccc2Cl)s1. The second-order valence-corrected chi connectivity index (χ2v) is 5.07. The van der Waals surface area contributed by atoms with Gasteiger partial charge in [0.05, 0.1) is 4.88 Å². The van der Waals surface area contributed by atoms with Crippen molar-refractivity contribution in [2.45, 2.75) is 0 Å². The number of hydrogen-bond donors (Lipinski definition) is 1. The molecule has 0 aliphatic carbocycles. The number of nitrogens with two attached hydrogens (primary N) is 1. The summed E-state index contributed by atoms with van der Waals surface area (Å²) < 4.78 is 0.990. The van der Waals surface area contributed by atoms with Crippen LogP contribution in [0.5, 0.6) is 0 Å². The van der Waals surface area contributed by atoms with Crippen molar-refractivity contribution in [1.82, 2.24) is 4.98 Å². The molecule has 72 valence electrons. The van der Waals surface area contributed by atoms with Gasteiger partial charge in [-0.2, -0.15) is 0 Å². The first kappa shape index (κ1) is 9.96. The summed E-state index contributed by atoms with van der Waals surface area (Å²) in [5.74, 6) is 0. The summed E-state index contributed by atoms with van der Waals surface area (Å²) in [4.78, 5) is 4.97. The highest BCUT2D eigenvalue weighted by Crippen LogP contribution is 2.34. The van der Waals surface area contributed by atoms with Gasteiger partial charge in [-0.1, -0.05) is 38.9 Å². The maximum atomic E-state index is 6.06. The topological polar surface area (TPSA) is 38.9 Å². The number of nitrogen functional groups attached to an aromatic ring is 1. The lowest BCUT2D eigenvalue weighted by Gasteiger charge is -2.00. The minimum Gasteiger partial charge on any atom is -0.375 e. The van der Waals surface area contributed by atoms with Crippen molar-refractivity contribution in [2.75, 3.05) is 5.73 Å². The molecule has 5 heteroatoms. The largest absolute Gasteiger partial charge is 0.375 e. The fourth-order valence-electron chi connectivity index (χ4n) is 1.10. The molecule has 2 N–H and O–H groups in total. The van der Waals surface area contributed by atoms with E-state index in [0.717, 1.165) is 14.9 Å². The Bertz CT molecular complexity index is 470. The molecule has 1 aromatic carbocycles. The van der Waals surface area contributed by atoms with E-state index in [4.69, 9.17) is 17.3 Å². The maximum Gasteiger partial charge on any atom is 0.180 e. The van der Waals surface area contributed by atoms with E-state index in [9.17, 15) is 0 Å². The van der Waals surface area contributed by atoms with E-state index in [-0.39, 0.29) is 0 Å². The average Bonchev–Trinajstić information content (AvgIpc) is 2.56. The van der Waals surface area contributed by atoms with E-state index < -0.39 is 0 Å². The van der Waals surface area contributed by atoms with Gasteiger partial charge in [-0.3, -0.25) is 0 Å². The normalized spacial score (nSPS) is 10.4. The van der Waals surface area contributed by atoms with Crippen LogP contribution < -0.4 is 5.73 Å². The number of anilines is 1. The van der Waals surface area contributed by atoms with Crippen molar-refractivity contribution in [3.05, 3.63) is 33.9 Å². The molecule has 1 heterocycles. The molecule has 0 saturated carbocycles. The van der Waals surface area contributed by atoms with E-state index in [1.54, 1.807) is 6.20 Å². The molecule has 1 aromatic heterocycles. The number of hydrogen-bond acceptors (Lipinski definition) is 3. The smallest absolute Gasteiger partial charge is 0.180 e. The molecular weight excluding hydrogens is 284 g/mol. The summed E-state index contributed by atoms with van der Waals surface area (Å²) in [5, 5.41) is 1.26. The summed E-state index contributed by atoms with van der Waals surface area (Å²) >= 11 is 10.9. The monoisotopic (exact) mass is 288 g/mol. The molecular formula is C9H6BrClN2S. The molecule has 0 bridgehead atoms. The van der Waals surface area contributed by atoms with Crippen molar-refractivity contribution in [3.63, 3.8) is 0 Å². The molecule has 14 heavy (non-hydrogen) atoms. The third kappa shape index (κ3) is 1.92. The zero-order valence-corrected chi connectivity index (χ0v) is 10.2. The van der Waals surface area contributed by atoms with Gasteiger partial charge in [-0.05, 0) is 18.2 Å². The van der Waals surface area contributed by atoms with Gasteiger partial charge in [0.1, 0.15) is 0 Å². The number of aromatic nitrogens is 1. The van der Waals surface area contributed by atoms with Crippen LogP contribution in [0.3, 0.4) is 0 Å². The van der Waals surface area contributed by atoms with Crippen LogP contribution in [0.25, 0.3) is 10.4 Å². The van der Waals surface area contributed by atoms with Crippen LogP contribution in [0.4, 0.5) is 5.13 Å². The molecule has 0 fully saturated rings. The lowest BCUT2D eigenvalue weighted by molar-refractivity contribution is 1.42. The molecule has 0 aliphatic heterocycles. The number of nitrogens with zero attached hydrogens (tertiary/aromatic N) is 1. The molecule has 2 rings (SSSR count). The van der Waals surface area contributed by atoms with Gasteiger partial charge in [0.2, 0.25) is 0 Å². The van der Waals surface area contributed by atoms with E-state index in [1.165, 1.54) is 11.3 Å². The lowest BCUT2D eigenvalue weighted by atomic mass is 10.2. The molecule has 0 saturated heterocycles. The van der Waals surface area contributed by atoms with Crippen LogP contribution in [0.15, 0.2) is 28.9 Å². The molecule has 2 aromatic rings. The van der Waals surface area contributed by atoms with E-state index in [0.29, 0.717) is 10.2 Å². The van der Waals surface area contributed by atoms with E-state index in [1.807, 2.05) is 18.2 Å². The molecule has 0 amide bonds. The zero-order chi connectivity index (χ0) is 10.1. The molecule has 0 spiro atoms. The van der Waals surface area contributed by atoms with E-state index in [2.05, 4.69) is 20.9 Å². The fraction of sp³-hybridized carbons (Fsp3) is 0. The molecule has 0 radical (unpaired) electrons. The third-order valence-corrected chi connectivity index (χ3v) is 3.40. The van der Waals surface area contributed by atoms with Crippen LogP contribution in [-0.2, 0) is 0 Å². The highest BCUT2D eigenvalue weighted by atomic mass is 79.9. The third-order valence-electron chi connectivity index (χ3n) is 1.72. The predicted molar refractivity (Wildman–Crippen MR) is 64.7 cm³/mol. The van der Waals surface area contributed by atoms with Gasteiger partial charge in [-0.15, -0.1) is 0 Å². The van der Waals surface area contributed by atoms with Crippen molar-refractivity contribution < 1.29 is 0 Å². The quantitative estimate of drug-likeness (QED) is 0.867. The Kier molecular flexibility index (Phi) is 2.76. The van der Waals surface area contributed by atoms with Crippen LogP contribution in [0.2, 0.25) is 5.02 Å². The van der Waals surface area contributed by atoms with Crippen LogP contribution in [-0.4, -0.2) is 4.98 Å². The molecule has 2 nitrogen and oxygen atoms in total. The van der Waals surface area contributed by atoms with Gasteiger partial charge in [0.25, 0.3) is 0 Å². The van der Waals surface area contributed by atoms with Crippen molar-refractivity contribution in [1.29, 1.82) is 0 Å². The first-order valence-corrected chi connectivity index (χ1v) is 5.82. The average molecular weight is 290 g/mol. The summed E-state index contributed by atoms with van der Waals surface area (Å²) in [6.45, 7) is 0. The highest BCUT2D eigenvalue weighted by Gasteiger charge is 2.07. The van der Waals surface area contributed by atoms with Crippen LogP contribution in [0, 0.1) is 0 Å². The minimum atomic E-state index is 0.552. The van der Waals surface area contributed by atoms with Crippen molar-refractivity contribution in [2.24, 2.45) is 0 Å². The second-order valence-electron chi connectivity index (χ2n) is 2.69. The first-order valence-electron chi connectivity index (χ1n) is 3.83. The summed E-state index contributed by atoms with van der Waals surface area (Å²) in [7, 11) is 0. The standard InChI is InChI=1S/C9H6BrClN2S/c10-5-1-2-7(11)6(3-5)8-4-13-9(12)14-8/h1-4H,(H2,12,13). The molecule has 0 atom stereocenters. The number of thiazole rings is 1. The highest BCUT2D eigenvalue weighted by molar-refractivity contribution is 9.10. The number of halogens is 2. The summed E-state index contributed by atoms with van der Waals surface area (Å²) in [6, 6.07) is 5.70. The first-order chi connectivity index (χ1) is 6.66. The summed E-state index contributed by atoms with van der Waals surface area (Å²) in [5.41, 5.74) is 6.51. The Morgan fingerprint density at radius 1 is 1.43 bits per heavy atom. The van der Waals surface area contributed by atoms with Gasteiger partial charge in [0.15, 0.2) is 5.13 Å². The zero-order valence-electron chi connectivity index (χ0n) is 7.00. The Labute approximate surface area is 98.9 Å². The molecule has 0 aliphatic rings. The lowest BCUT2D eigenvalue weighted by Crippen LogP contribution is -1.77. The van der Waals surface area contributed by atoms with Crippen LogP contribution >= 0.6 is 38.9 Å². The predicted octanol–water partition coefficient (Wildman–Crippen LogP) is 3.81. The Morgan fingerprint density at radius 3 is 2.86 bits per heavy atom. The second kappa shape index (κ2) is 3.88. The summed E-state index contributed by atoms with van der Waals surface area (Å²) in [6.07, 6.45) is 1.73. The number of benzene rings is 1. The van der Waals surface area contributed by atoms with Crippen molar-refractivity contribution >= 4 is 44.0 Å². The van der Waals surface area contributed by atoms with E-state index >= 15 is 0 Å². The Hall–Kier alpha value is -0.580. The van der Waals surface area contributed by atoms with Crippen LogP contribution in [0.1, 0.15) is 0 Å². The Morgan fingerprint density at radius 2 is 2.21 bits per heavy atom. The fourth-order valence-corrected chi connectivity index (χ4v) is 2.45. The number of rotatable bonds is 1. The van der Waals surface area contributed by atoms with Gasteiger partial charge < -0.3 is 5.73 Å². The Balaban J connectivity index is 2.55.